The van der Waals surface area contributed by atoms with Crippen LogP contribution in [0, 0.1) is 12.7 Å². The van der Waals surface area contributed by atoms with Crippen molar-refractivity contribution in [3.63, 3.8) is 0 Å². The summed E-state index contributed by atoms with van der Waals surface area (Å²) in [5, 5.41) is 2.81. The Hall–Kier alpha value is -2.43. The zero-order valence-electron chi connectivity index (χ0n) is 11.4. The van der Waals surface area contributed by atoms with E-state index in [1.165, 1.54) is 22.9 Å². The Balaban J connectivity index is 2.51. The van der Waals surface area contributed by atoms with Gasteiger partial charge in [0.1, 0.15) is 11.4 Å². The fraction of sp³-hybridized carbons (Fsp3) is 0.200. The van der Waals surface area contributed by atoms with E-state index in [4.69, 9.17) is 0 Å². The topological polar surface area (TPSA) is 54.9 Å². The lowest BCUT2D eigenvalue weighted by Crippen LogP contribution is -2.22. The second-order valence-electron chi connectivity index (χ2n) is 4.77. The molecule has 1 heterocycles. The lowest BCUT2D eigenvalue weighted by molar-refractivity contribution is 0.103. The summed E-state index contributed by atoms with van der Waals surface area (Å²) in [4.78, 5) is 24.5. The Morgan fingerprint density at radius 2 is 2.05 bits per heavy atom. The summed E-state index contributed by atoms with van der Waals surface area (Å²) < 4.78 is 14.9. The van der Waals surface area contributed by atoms with Gasteiger partial charge in [-0.2, -0.15) is 0 Å². The van der Waals surface area contributed by atoms with Gasteiger partial charge < -0.3 is 0 Å². The van der Waals surface area contributed by atoms with Gasteiger partial charge in [0.2, 0.25) is 5.78 Å². The number of hydrogen-bond acceptors (Lipinski definition) is 2. The molecule has 2 rings (SSSR count). The van der Waals surface area contributed by atoms with Crippen molar-refractivity contribution in [1.29, 1.82) is 0 Å². The average Bonchev–Trinajstić information content (AvgIpc) is 2.63. The van der Waals surface area contributed by atoms with Crippen LogP contribution in [-0.4, -0.2) is 15.6 Å². The minimum absolute atomic E-state index is 0.0312. The molecule has 4 nitrogen and oxygen atoms in total. The average molecular weight is 274 g/mol. The maximum Gasteiger partial charge on any atom is 0.278 e. The van der Waals surface area contributed by atoms with E-state index in [-0.39, 0.29) is 11.1 Å². The molecule has 0 saturated heterocycles. The number of ketones is 1. The highest BCUT2D eigenvalue weighted by molar-refractivity contribution is 6.09. The fourth-order valence-electron chi connectivity index (χ4n) is 2.03. The molecule has 2 aromatic rings. The monoisotopic (exact) mass is 274 g/mol. The van der Waals surface area contributed by atoms with Crippen LogP contribution < -0.4 is 5.56 Å². The molecule has 5 heteroatoms. The van der Waals surface area contributed by atoms with Gasteiger partial charge in [0, 0.05) is 5.69 Å². The Labute approximate surface area is 115 Å². The number of rotatable bonds is 4. The second-order valence-corrected chi connectivity index (χ2v) is 4.77. The highest BCUT2D eigenvalue weighted by atomic mass is 19.1. The number of aromatic nitrogens is 2. The van der Waals surface area contributed by atoms with E-state index < -0.39 is 17.2 Å². The number of aromatic amines is 1. The first kappa shape index (κ1) is 14.0. The van der Waals surface area contributed by atoms with Crippen LogP contribution in [0.5, 0.6) is 0 Å². The molecule has 0 amide bonds. The smallest absolute Gasteiger partial charge is 0.278 e. The van der Waals surface area contributed by atoms with Crippen LogP contribution >= 0.6 is 0 Å². The van der Waals surface area contributed by atoms with E-state index in [1.807, 2.05) is 0 Å². The molecule has 0 spiro atoms. The Kier molecular flexibility index (Phi) is 3.70. The highest BCUT2D eigenvalue weighted by Crippen LogP contribution is 2.13. The zero-order valence-corrected chi connectivity index (χ0v) is 11.4. The van der Waals surface area contributed by atoms with Crippen molar-refractivity contribution >= 4 is 5.78 Å². The number of H-pyrrole nitrogens is 1. The molecule has 0 aliphatic heterocycles. The summed E-state index contributed by atoms with van der Waals surface area (Å²) in [6, 6.07) is 5.62. The minimum Gasteiger partial charge on any atom is -0.299 e. The molecule has 0 aliphatic carbocycles. The Bertz CT molecular complexity index is 741. The molecule has 0 saturated carbocycles. The number of halogens is 1. The number of hydrogen-bond donors (Lipinski definition) is 1. The summed E-state index contributed by atoms with van der Waals surface area (Å²) >= 11 is 0. The zero-order chi connectivity index (χ0) is 14.9. The minimum atomic E-state index is -0.635. The normalized spacial score (nSPS) is 10.6. The van der Waals surface area contributed by atoms with Crippen LogP contribution in [0.2, 0.25) is 0 Å². The van der Waals surface area contributed by atoms with Crippen molar-refractivity contribution < 1.29 is 9.18 Å². The summed E-state index contributed by atoms with van der Waals surface area (Å²) in [5.74, 6) is -1.24. The Morgan fingerprint density at radius 3 is 2.65 bits per heavy atom. The van der Waals surface area contributed by atoms with Crippen LogP contribution in [-0.2, 0) is 6.54 Å². The first-order chi connectivity index (χ1) is 9.41. The van der Waals surface area contributed by atoms with Crippen LogP contribution in [0.15, 0.2) is 41.2 Å². The van der Waals surface area contributed by atoms with Gasteiger partial charge in [0.05, 0.1) is 12.1 Å². The molecule has 0 atom stereocenters. The molecule has 0 radical (unpaired) electrons. The predicted molar refractivity (Wildman–Crippen MR) is 74.4 cm³/mol. The van der Waals surface area contributed by atoms with Gasteiger partial charge in [0.15, 0.2) is 0 Å². The number of nitrogens with one attached hydrogen (secondary N) is 1. The van der Waals surface area contributed by atoms with E-state index in [0.29, 0.717) is 12.2 Å². The Morgan fingerprint density at radius 1 is 1.40 bits per heavy atom. The quantitative estimate of drug-likeness (QED) is 0.687. The predicted octanol–water partition coefficient (Wildman–Crippen LogP) is 2.43. The summed E-state index contributed by atoms with van der Waals surface area (Å²) in [6.45, 7) is 7.41. The van der Waals surface area contributed by atoms with Gasteiger partial charge in [-0.15, -0.1) is 0 Å². The molecule has 1 aromatic carbocycles. The van der Waals surface area contributed by atoms with Gasteiger partial charge in [-0.1, -0.05) is 24.3 Å². The fourth-order valence-corrected chi connectivity index (χ4v) is 2.03. The molecule has 20 heavy (non-hydrogen) atoms. The molecule has 1 N–H and O–H groups in total. The molecule has 0 bridgehead atoms. The molecule has 0 fully saturated rings. The van der Waals surface area contributed by atoms with Crippen LogP contribution in [0.3, 0.4) is 0 Å². The van der Waals surface area contributed by atoms with Crippen molar-refractivity contribution in [3.8, 4) is 0 Å². The van der Waals surface area contributed by atoms with Gasteiger partial charge in [0.25, 0.3) is 5.56 Å². The molecule has 0 aliphatic rings. The third kappa shape index (κ3) is 2.47. The van der Waals surface area contributed by atoms with Gasteiger partial charge in [-0.05, 0) is 26.0 Å². The molecule has 104 valence electrons. The standard InChI is InChI=1S/C15H15FN2O2/c1-9(2)8-18-15(20)13(10(3)17-18)14(19)11-6-4-5-7-12(11)16/h4-7,17H,1,8H2,2-3H3. The number of allylic oxidation sites excluding steroid dienone is 1. The number of nitrogens with zero attached hydrogens (tertiary/aromatic N) is 1. The number of benzene rings is 1. The largest absolute Gasteiger partial charge is 0.299 e. The maximum absolute atomic E-state index is 13.7. The summed E-state index contributed by atoms with van der Waals surface area (Å²) in [5.41, 5.74) is 0.604. The van der Waals surface area contributed by atoms with Gasteiger partial charge in [-0.25, -0.2) is 9.07 Å². The van der Waals surface area contributed by atoms with Crippen molar-refractivity contribution in [1.82, 2.24) is 9.78 Å². The lowest BCUT2D eigenvalue weighted by atomic mass is 10.0. The van der Waals surface area contributed by atoms with Crippen molar-refractivity contribution in [3.05, 3.63) is 69.4 Å². The van der Waals surface area contributed by atoms with Crippen molar-refractivity contribution in [2.75, 3.05) is 0 Å². The molecule has 0 unspecified atom stereocenters. The summed E-state index contributed by atoms with van der Waals surface area (Å²) in [7, 11) is 0. The molecule has 1 aromatic heterocycles. The van der Waals surface area contributed by atoms with Crippen molar-refractivity contribution in [2.45, 2.75) is 20.4 Å². The van der Waals surface area contributed by atoms with E-state index >= 15 is 0 Å². The second kappa shape index (κ2) is 5.28. The van der Waals surface area contributed by atoms with Crippen LogP contribution in [0.4, 0.5) is 4.39 Å². The third-order valence-corrected chi connectivity index (χ3v) is 2.91. The van der Waals surface area contributed by atoms with Gasteiger partial charge in [-0.3, -0.25) is 14.7 Å². The highest BCUT2D eigenvalue weighted by Gasteiger charge is 2.22. The SMILES string of the molecule is C=C(C)Cn1[nH]c(C)c(C(=O)c2ccccc2F)c1=O. The van der Waals surface area contributed by atoms with E-state index in [9.17, 15) is 14.0 Å². The van der Waals surface area contributed by atoms with Crippen LogP contribution in [0.1, 0.15) is 28.5 Å². The van der Waals surface area contributed by atoms with Gasteiger partial charge >= 0.3 is 0 Å². The van der Waals surface area contributed by atoms with Crippen LogP contribution in [0.25, 0.3) is 0 Å². The number of carbonyl (C=O) groups excluding carboxylic acids is 1. The first-order valence-corrected chi connectivity index (χ1v) is 6.15. The lowest BCUT2D eigenvalue weighted by Gasteiger charge is -2.00. The molecular formula is C15H15FN2O2. The number of carbonyl (C=O) groups is 1. The maximum atomic E-state index is 13.7. The molecular weight excluding hydrogens is 259 g/mol. The van der Waals surface area contributed by atoms with E-state index in [1.54, 1.807) is 19.9 Å². The summed E-state index contributed by atoms with van der Waals surface area (Å²) in [6.07, 6.45) is 0. The van der Waals surface area contributed by atoms with E-state index in [0.717, 1.165) is 5.57 Å². The van der Waals surface area contributed by atoms with E-state index in [2.05, 4.69) is 11.7 Å². The first-order valence-electron chi connectivity index (χ1n) is 6.15. The number of aryl methyl sites for hydroxylation is 1. The third-order valence-electron chi connectivity index (χ3n) is 2.91. The van der Waals surface area contributed by atoms with Crippen molar-refractivity contribution in [2.24, 2.45) is 0 Å².